The summed E-state index contributed by atoms with van der Waals surface area (Å²) < 4.78 is 16.6. The van der Waals surface area contributed by atoms with Crippen LogP contribution in [0, 0.1) is 0 Å². The van der Waals surface area contributed by atoms with Gasteiger partial charge in [-0.15, -0.1) is 0 Å². The van der Waals surface area contributed by atoms with Gasteiger partial charge in [0.2, 0.25) is 0 Å². The van der Waals surface area contributed by atoms with Crippen LogP contribution in [0.3, 0.4) is 0 Å². The number of carboxylic acid groups (broad SMARTS) is 1. The number of aliphatic carboxylic acids is 1. The second-order valence-corrected chi connectivity index (χ2v) is 6.30. The molecule has 0 bridgehead atoms. The molecule has 1 fully saturated rings. The molecule has 2 aromatic carbocycles. The maximum absolute atomic E-state index is 13.0. The molecular weight excluding hydrogens is 362 g/mol. The Morgan fingerprint density at radius 1 is 1.14 bits per heavy atom. The number of hydrogen-bond donors (Lipinski definition) is 1. The summed E-state index contributed by atoms with van der Waals surface area (Å²) in [6.07, 6.45) is -0.163. The molecule has 0 spiro atoms. The Kier molecular flexibility index (Phi) is 6.49. The molecule has 0 radical (unpaired) electrons. The molecule has 1 heterocycles. The van der Waals surface area contributed by atoms with Gasteiger partial charge in [-0.05, 0) is 30.7 Å². The van der Waals surface area contributed by atoms with Gasteiger partial charge in [0, 0.05) is 12.1 Å². The highest BCUT2D eigenvalue weighted by atomic mass is 16.5. The van der Waals surface area contributed by atoms with Crippen molar-refractivity contribution in [2.45, 2.75) is 13.0 Å². The maximum Gasteiger partial charge on any atom is 0.341 e. The predicted octanol–water partition coefficient (Wildman–Crippen LogP) is 2.76. The SMILES string of the molecule is CCOc1cc(C(=O)N2CCOC(c3ccccc3)C2)ccc1OCC(=O)O. The molecule has 1 atom stereocenters. The first-order chi connectivity index (χ1) is 13.6. The molecular formula is C21H23NO6. The Morgan fingerprint density at radius 3 is 2.64 bits per heavy atom. The van der Waals surface area contributed by atoms with Gasteiger partial charge in [0.1, 0.15) is 6.10 Å². The zero-order chi connectivity index (χ0) is 19.9. The molecule has 1 aliphatic rings. The van der Waals surface area contributed by atoms with E-state index in [4.69, 9.17) is 19.3 Å². The Hall–Kier alpha value is -3.06. The number of rotatable bonds is 7. The second kappa shape index (κ2) is 9.23. The van der Waals surface area contributed by atoms with Crippen LogP contribution in [-0.2, 0) is 9.53 Å². The van der Waals surface area contributed by atoms with Crippen molar-refractivity contribution in [1.29, 1.82) is 0 Å². The minimum atomic E-state index is -1.08. The third-order valence-electron chi connectivity index (χ3n) is 4.37. The summed E-state index contributed by atoms with van der Waals surface area (Å²) in [5.41, 5.74) is 1.49. The fraction of sp³-hybridized carbons (Fsp3) is 0.333. The molecule has 2 aromatic rings. The molecule has 7 heteroatoms. The number of carbonyl (C=O) groups is 2. The number of carboxylic acids is 1. The van der Waals surface area contributed by atoms with E-state index in [1.54, 1.807) is 23.1 Å². The number of morpholine rings is 1. The lowest BCUT2D eigenvalue weighted by atomic mass is 10.1. The van der Waals surface area contributed by atoms with Gasteiger partial charge in [0.25, 0.3) is 5.91 Å². The van der Waals surface area contributed by atoms with E-state index in [2.05, 4.69) is 0 Å². The van der Waals surface area contributed by atoms with E-state index >= 15 is 0 Å². The van der Waals surface area contributed by atoms with Crippen LogP contribution >= 0.6 is 0 Å². The molecule has 7 nitrogen and oxygen atoms in total. The van der Waals surface area contributed by atoms with E-state index in [1.165, 1.54) is 0 Å². The fourth-order valence-electron chi connectivity index (χ4n) is 3.05. The molecule has 1 amide bonds. The van der Waals surface area contributed by atoms with Gasteiger partial charge in [-0.2, -0.15) is 0 Å². The molecule has 148 valence electrons. The third kappa shape index (κ3) is 4.80. The predicted molar refractivity (Wildman–Crippen MR) is 102 cm³/mol. The van der Waals surface area contributed by atoms with Crippen LogP contribution in [0.15, 0.2) is 48.5 Å². The van der Waals surface area contributed by atoms with Crippen molar-refractivity contribution in [3.05, 3.63) is 59.7 Å². The summed E-state index contributed by atoms with van der Waals surface area (Å²) in [6, 6.07) is 14.6. The first-order valence-corrected chi connectivity index (χ1v) is 9.15. The van der Waals surface area contributed by atoms with Crippen molar-refractivity contribution < 1.29 is 28.9 Å². The molecule has 1 N–H and O–H groups in total. The van der Waals surface area contributed by atoms with Crippen molar-refractivity contribution >= 4 is 11.9 Å². The number of ether oxygens (including phenoxy) is 3. The van der Waals surface area contributed by atoms with E-state index in [0.29, 0.717) is 43.4 Å². The van der Waals surface area contributed by atoms with Crippen molar-refractivity contribution in [2.24, 2.45) is 0 Å². The van der Waals surface area contributed by atoms with Crippen LogP contribution in [0.5, 0.6) is 11.5 Å². The van der Waals surface area contributed by atoms with Crippen LogP contribution in [0.1, 0.15) is 28.9 Å². The topological polar surface area (TPSA) is 85.3 Å². The first kappa shape index (κ1) is 19.7. The maximum atomic E-state index is 13.0. The average Bonchev–Trinajstić information content (AvgIpc) is 2.73. The number of benzene rings is 2. The number of hydrogen-bond acceptors (Lipinski definition) is 5. The van der Waals surface area contributed by atoms with Crippen LogP contribution in [0.4, 0.5) is 0 Å². The van der Waals surface area contributed by atoms with Gasteiger partial charge in [0.05, 0.1) is 19.8 Å². The van der Waals surface area contributed by atoms with Gasteiger partial charge in [0.15, 0.2) is 18.1 Å². The molecule has 0 aliphatic carbocycles. The molecule has 1 saturated heterocycles. The van der Waals surface area contributed by atoms with Gasteiger partial charge in [-0.25, -0.2) is 4.79 Å². The lowest BCUT2D eigenvalue weighted by Crippen LogP contribution is -2.42. The van der Waals surface area contributed by atoms with Crippen LogP contribution in [0.2, 0.25) is 0 Å². The fourth-order valence-corrected chi connectivity index (χ4v) is 3.05. The zero-order valence-electron chi connectivity index (χ0n) is 15.7. The Bertz CT molecular complexity index is 823. The monoisotopic (exact) mass is 385 g/mol. The molecule has 1 unspecified atom stereocenters. The highest BCUT2D eigenvalue weighted by Gasteiger charge is 2.26. The highest BCUT2D eigenvalue weighted by Crippen LogP contribution is 2.30. The van der Waals surface area contributed by atoms with Crippen molar-refractivity contribution in [3.63, 3.8) is 0 Å². The summed E-state index contributed by atoms with van der Waals surface area (Å²) >= 11 is 0. The lowest BCUT2D eigenvalue weighted by Gasteiger charge is -2.33. The molecule has 28 heavy (non-hydrogen) atoms. The summed E-state index contributed by atoms with van der Waals surface area (Å²) in [7, 11) is 0. The third-order valence-corrected chi connectivity index (χ3v) is 4.37. The van der Waals surface area contributed by atoms with Gasteiger partial charge >= 0.3 is 5.97 Å². The second-order valence-electron chi connectivity index (χ2n) is 6.30. The Balaban J connectivity index is 1.75. The first-order valence-electron chi connectivity index (χ1n) is 9.15. The molecule has 0 saturated carbocycles. The van der Waals surface area contributed by atoms with Crippen molar-refractivity contribution in [1.82, 2.24) is 4.90 Å². The van der Waals surface area contributed by atoms with Gasteiger partial charge in [-0.1, -0.05) is 30.3 Å². The van der Waals surface area contributed by atoms with Crippen molar-refractivity contribution in [3.8, 4) is 11.5 Å². The van der Waals surface area contributed by atoms with E-state index in [-0.39, 0.29) is 12.0 Å². The van der Waals surface area contributed by atoms with E-state index in [0.717, 1.165) is 5.56 Å². The van der Waals surface area contributed by atoms with Gasteiger partial charge in [-0.3, -0.25) is 4.79 Å². The lowest BCUT2D eigenvalue weighted by molar-refractivity contribution is -0.139. The smallest absolute Gasteiger partial charge is 0.341 e. The molecule has 1 aliphatic heterocycles. The Morgan fingerprint density at radius 2 is 1.93 bits per heavy atom. The summed E-state index contributed by atoms with van der Waals surface area (Å²) in [5, 5.41) is 8.79. The van der Waals surface area contributed by atoms with Crippen LogP contribution in [-0.4, -0.2) is 54.8 Å². The summed E-state index contributed by atoms with van der Waals surface area (Å²) in [4.78, 5) is 25.5. The van der Waals surface area contributed by atoms with E-state index < -0.39 is 12.6 Å². The highest BCUT2D eigenvalue weighted by molar-refractivity contribution is 5.95. The standard InChI is InChI=1S/C21H23NO6/c1-2-26-18-12-16(8-9-17(18)28-14-20(23)24)21(25)22-10-11-27-19(13-22)15-6-4-3-5-7-15/h3-9,12,19H,2,10-11,13-14H2,1H3,(H,23,24). The Labute approximate surface area is 163 Å². The number of carbonyl (C=O) groups excluding carboxylic acids is 1. The van der Waals surface area contributed by atoms with Gasteiger partial charge < -0.3 is 24.2 Å². The minimum Gasteiger partial charge on any atom is -0.490 e. The quantitative estimate of drug-likeness (QED) is 0.789. The largest absolute Gasteiger partial charge is 0.490 e. The molecule has 3 rings (SSSR count). The van der Waals surface area contributed by atoms with E-state index in [9.17, 15) is 9.59 Å². The number of nitrogens with zero attached hydrogens (tertiary/aromatic N) is 1. The normalized spacial score (nSPS) is 16.5. The van der Waals surface area contributed by atoms with E-state index in [1.807, 2.05) is 37.3 Å². The minimum absolute atomic E-state index is 0.130. The van der Waals surface area contributed by atoms with Crippen LogP contribution < -0.4 is 9.47 Å². The van der Waals surface area contributed by atoms with Crippen molar-refractivity contribution in [2.75, 3.05) is 32.9 Å². The average molecular weight is 385 g/mol. The zero-order valence-corrected chi connectivity index (χ0v) is 15.7. The summed E-state index contributed by atoms with van der Waals surface area (Å²) in [5.74, 6) is -0.565. The molecule has 0 aromatic heterocycles. The summed E-state index contributed by atoms with van der Waals surface area (Å²) in [6.45, 7) is 3.13. The van der Waals surface area contributed by atoms with Crippen LogP contribution in [0.25, 0.3) is 0 Å². The number of amides is 1.